The Labute approximate surface area is 840 Å². The smallest absolute Gasteiger partial charge is 0.218 e. The van der Waals surface area contributed by atoms with E-state index < -0.39 is 0 Å². The Morgan fingerprint density at radius 2 is 0.476 bits per heavy atom. The monoisotopic (exact) mass is 1870 g/mol. The van der Waals surface area contributed by atoms with Gasteiger partial charge >= 0.3 is 0 Å². The van der Waals surface area contributed by atoms with Gasteiger partial charge in [0, 0.05) is 56.9 Å². The molecule has 3 aromatic heterocycles. The average Bonchev–Trinajstić information content (AvgIpc) is 0.752. The molecule has 3 aliphatic heterocycles. The second-order valence-corrected chi connectivity index (χ2v) is 43.1. The molecular weight excluding hydrogens is 1770 g/mol. The third kappa shape index (κ3) is 16.4. The van der Waals surface area contributed by atoms with Crippen molar-refractivity contribution in [3.05, 3.63) is 454 Å². The Morgan fingerprint density at radius 3 is 0.727 bits per heavy atom. The number of nitrogens with zero attached hydrogens (tertiary/aromatic N) is 6. The summed E-state index contributed by atoms with van der Waals surface area (Å²) >= 11 is 3.65. The molecule has 0 unspecified atom stereocenters. The van der Waals surface area contributed by atoms with Crippen molar-refractivity contribution >= 4 is 169 Å². The van der Waals surface area contributed by atoms with Gasteiger partial charge in [-0.3, -0.25) is 24.9 Å². The molecule has 0 radical (unpaired) electrons. The number of hydrogen-bond donors (Lipinski definition) is 0. The van der Waals surface area contributed by atoms with Crippen molar-refractivity contribution in [1.82, 2.24) is 15.0 Å². The van der Waals surface area contributed by atoms with Crippen molar-refractivity contribution in [1.29, 1.82) is 0 Å². The van der Waals surface area contributed by atoms with E-state index in [1.165, 1.54) is 196 Å². The number of thioether (sulfide) groups is 2. The van der Waals surface area contributed by atoms with E-state index in [2.05, 4.69) is 474 Å². The molecule has 0 saturated heterocycles. The molecule has 0 atom stereocenters. The molecule has 6 heterocycles. The average molecular weight is 1870 g/mol. The molecule has 0 saturated carbocycles. The van der Waals surface area contributed by atoms with E-state index in [0.717, 1.165) is 72.8 Å². The fourth-order valence-corrected chi connectivity index (χ4v) is 23.6. The van der Waals surface area contributed by atoms with Gasteiger partial charge in [0.25, 0.3) is 0 Å². The van der Waals surface area contributed by atoms with Crippen LogP contribution in [0.4, 0.5) is 0 Å². The van der Waals surface area contributed by atoms with Crippen molar-refractivity contribution in [3.8, 4) is 101 Å². The Bertz CT molecular complexity index is 9440. The van der Waals surface area contributed by atoms with Crippen LogP contribution in [0.5, 0.6) is 0 Å². The molecule has 21 aromatic carbocycles. The standard InChI is InChI=1S/C46H36N2O.2C44H32N2S/c1-45(2)46(3,4)49-44(48-45)36-22-24-41(47-28-36)33-21-23-39-40(27-33)43(35-20-18-30-12-6-8-14-32(30)26-35)38-16-10-9-15-37(38)42(39)34-19-17-29-11-5-7-13-31(29)25-34;1-44(2)27-47-43(46-44)35-20-22-40(45-26-35)32-19-21-38-39(25-32)42(34-18-16-29-10-4-6-12-31(29)24-34)37-14-8-7-13-36(37)41(38)33-17-15-28-9-3-5-11-30(28)23-33;1-44(2)27-46-43(47-44)35-20-22-40(45-26-35)32-19-21-38-39(25-32)42(34-18-16-29-10-4-6-12-31(29)24-34)37-14-8-7-13-36(37)41(38)33-17-15-28-9-3-5-11-30(28)23-33/h5-28H,1-4H3;2*3-26H,27H2,1-2H3. The first-order valence-electron chi connectivity index (χ1n) is 49.3. The largest absolute Gasteiger partial charge is 0.469 e. The number of pyridine rings is 3. The number of rotatable bonds is 12. The van der Waals surface area contributed by atoms with E-state index in [9.17, 15) is 0 Å². The van der Waals surface area contributed by atoms with E-state index in [1.54, 1.807) is 0 Å². The van der Waals surface area contributed by atoms with Crippen LogP contribution in [-0.2, 0) is 4.74 Å². The van der Waals surface area contributed by atoms with E-state index >= 15 is 0 Å². The van der Waals surface area contributed by atoms with Crippen LogP contribution in [0, 0.1) is 0 Å². The van der Waals surface area contributed by atoms with Gasteiger partial charge in [0.05, 0.1) is 50.4 Å². The van der Waals surface area contributed by atoms with E-state index in [1.807, 2.05) is 42.1 Å². The highest BCUT2D eigenvalue weighted by atomic mass is 32.2. The van der Waals surface area contributed by atoms with Crippen LogP contribution in [0.2, 0.25) is 0 Å². The molecule has 684 valence electrons. The quantitative estimate of drug-likeness (QED) is 0.113. The Balaban J connectivity index is 0.000000113. The minimum atomic E-state index is -0.385. The molecule has 9 heteroatoms. The molecule has 143 heavy (non-hydrogen) atoms. The molecule has 3 aliphatic rings. The number of benzene rings is 21. The molecule has 24 aromatic rings. The molecule has 27 rings (SSSR count). The van der Waals surface area contributed by atoms with E-state index in [0.29, 0.717) is 5.90 Å². The molecular formula is C134H100N6OS2. The van der Waals surface area contributed by atoms with Crippen molar-refractivity contribution in [2.75, 3.05) is 12.3 Å². The van der Waals surface area contributed by atoms with Gasteiger partial charge in [-0.1, -0.05) is 339 Å². The fourth-order valence-electron chi connectivity index (χ4n) is 21.4. The number of fused-ring (bicyclic) bond motifs is 12. The first-order valence-corrected chi connectivity index (χ1v) is 51.1. The summed E-state index contributed by atoms with van der Waals surface area (Å²) in [6.07, 6.45) is 5.86. The topological polar surface area (TPSA) is 85.0 Å². The van der Waals surface area contributed by atoms with Crippen molar-refractivity contribution in [2.24, 2.45) is 15.0 Å². The summed E-state index contributed by atoms with van der Waals surface area (Å²) < 4.78 is 6.42. The second-order valence-electron chi connectivity index (χ2n) is 40.4. The number of aliphatic imine (C=N–C) groups is 3. The lowest BCUT2D eigenvalue weighted by Gasteiger charge is -2.30. The second kappa shape index (κ2) is 35.5. The lowest BCUT2D eigenvalue weighted by Crippen LogP contribution is -2.41. The third-order valence-corrected chi connectivity index (χ3v) is 32.1. The van der Waals surface area contributed by atoms with Crippen LogP contribution in [0.3, 0.4) is 0 Å². The maximum Gasteiger partial charge on any atom is 0.218 e. The third-order valence-electron chi connectivity index (χ3n) is 29.4. The van der Waals surface area contributed by atoms with Crippen LogP contribution < -0.4 is 0 Å². The molecule has 7 nitrogen and oxygen atoms in total. The predicted octanol–water partition coefficient (Wildman–Crippen LogP) is 36.0. The molecule has 0 bridgehead atoms. The van der Waals surface area contributed by atoms with Crippen LogP contribution in [-0.4, -0.2) is 64.7 Å². The molecule has 0 spiro atoms. The van der Waals surface area contributed by atoms with Crippen molar-refractivity contribution in [2.45, 2.75) is 76.8 Å². The summed E-state index contributed by atoms with van der Waals surface area (Å²) in [5.41, 5.74) is 23.3. The molecule has 0 amide bonds. The van der Waals surface area contributed by atoms with Crippen LogP contribution in [0.1, 0.15) is 72.1 Å². The Kier molecular flexibility index (Phi) is 21.9. The predicted molar refractivity (Wildman–Crippen MR) is 614 cm³/mol. The highest BCUT2D eigenvalue weighted by Gasteiger charge is 2.46. The SMILES string of the molecule is CC1(C)CN=C(c2ccc(-c3ccc4c(-c5ccc6ccccc6c5)c5ccccc5c(-c5ccc6ccccc6c5)c4c3)nc2)S1.CC1(C)CSC(c2ccc(-c3ccc4c(-c5ccc6ccccc6c5)c5ccccc5c(-c5ccc6ccccc6c5)c4c3)nc2)=N1.CC1(C)N=C(c2ccc(-c3ccc4c(-c5ccc6ccccc6c5)c5ccccc5c(-c5ccc6ccccc6c5)c4c3)nc2)OC1(C)C. The minimum Gasteiger partial charge on any atom is -0.469 e. The van der Waals surface area contributed by atoms with Crippen LogP contribution >= 0.6 is 23.5 Å². The zero-order valence-corrected chi connectivity index (χ0v) is 82.5. The van der Waals surface area contributed by atoms with Gasteiger partial charge in [0.15, 0.2) is 0 Å². The van der Waals surface area contributed by atoms with Gasteiger partial charge in [-0.15, -0.1) is 11.8 Å². The lowest BCUT2D eigenvalue weighted by atomic mass is 9.84. The summed E-state index contributed by atoms with van der Waals surface area (Å²) in [5.74, 6) is 1.65. The lowest BCUT2D eigenvalue weighted by molar-refractivity contribution is 0.0619. The molecule has 0 fully saturated rings. The van der Waals surface area contributed by atoms with Gasteiger partial charge in [0.2, 0.25) is 5.90 Å². The number of ether oxygens (including phenoxy) is 1. The first kappa shape index (κ1) is 88.1. The summed E-state index contributed by atoms with van der Waals surface area (Å²) in [7, 11) is 0. The van der Waals surface area contributed by atoms with E-state index in [-0.39, 0.29) is 21.4 Å². The van der Waals surface area contributed by atoms with Gasteiger partial charge in [-0.2, -0.15) is 0 Å². The molecule has 0 N–H and O–H groups in total. The highest BCUT2D eigenvalue weighted by molar-refractivity contribution is 8.16. The van der Waals surface area contributed by atoms with Crippen LogP contribution in [0.25, 0.3) is 230 Å². The highest BCUT2D eigenvalue weighted by Crippen LogP contribution is 2.52. The summed E-state index contributed by atoms with van der Waals surface area (Å²) in [5, 5.41) is 31.9. The van der Waals surface area contributed by atoms with Crippen molar-refractivity contribution in [3.63, 3.8) is 0 Å². The minimum absolute atomic E-state index is 0.0261. The Morgan fingerprint density at radius 1 is 0.224 bits per heavy atom. The summed E-state index contributed by atoms with van der Waals surface area (Å²) in [4.78, 5) is 29.5. The maximum absolute atomic E-state index is 6.28. The van der Waals surface area contributed by atoms with Gasteiger partial charge in [-0.05, 0) is 342 Å². The zero-order chi connectivity index (χ0) is 96.4. The molecule has 0 aliphatic carbocycles. The van der Waals surface area contributed by atoms with Crippen LogP contribution in [0.15, 0.2) is 452 Å². The maximum atomic E-state index is 6.28. The summed E-state index contributed by atoms with van der Waals surface area (Å²) in [6.45, 7) is 18.1. The van der Waals surface area contributed by atoms with Crippen molar-refractivity contribution < 1.29 is 4.74 Å². The fraction of sp³-hybridized carbons (Fsp3) is 0.104. The van der Waals surface area contributed by atoms with E-state index in [4.69, 9.17) is 34.7 Å². The Hall–Kier alpha value is -16.3. The zero-order valence-electron chi connectivity index (χ0n) is 80.9. The normalized spacial score (nSPS) is 14.6. The first-order chi connectivity index (χ1) is 69.8. The number of hydrogen-bond acceptors (Lipinski definition) is 9. The van der Waals surface area contributed by atoms with Gasteiger partial charge in [0.1, 0.15) is 5.60 Å². The van der Waals surface area contributed by atoms with Gasteiger partial charge in [-0.25, -0.2) is 4.99 Å². The summed E-state index contributed by atoms with van der Waals surface area (Å²) in [6, 6.07) is 153. The van der Waals surface area contributed by atoms with Gasteiger partial charge < -0.3 is 4.74 Å². The number of aromatic nitrogens is 3.